The summed E-state index contributed by atoms with van der Waals surface area (Å²) < 4.78 is 7.57. The molecule has 1 amide bonds. The predicted molar refractivity (Wildman–Crippen MR) is 100 cm³/mol. The lowest BCUT2D eigenvalue weighted by Gasteiger charge is -2.38. The van der Waals surface area contributed by atoms with Crippen LogP contribution in [0.1, 0.15) is 28.1 Å². The molecule has 1 N–H and O–H groups in total. The Hall–Kier alpha value is -0.690. The van der Waals surface area contributed by atoms with Crippen molar-refractivity contribution in [2.24, 2.45) is 0 Å². The Morgan fingerprint density at radius 1 is 1.22 bits per heavy atom. The van der Waals surface area contributed by atoms with Crippen LogP contribution >= 0.6 is 43.2 Å². The van der Waals surface area contributed by atoms with E-state index in [-0.39, 0.29) is 11.3 Å². The van der Waals surface area contributed by atoms with Crippen molar-refractivity contribution in [3.05, 3.63) is 55.1 Å². The number of halogens is 2. The average Bonchev–Trinajstić information content (AvgIpc) is 3.00. The first-order valence-corrected chi connectivity index (χ1v) is 9.87. The van der Waals surface area contributed by atoms with Crippen molar-refractivity contribution >= 4 is 49.1 Å². The van der Waals surface area contributed by atoms with Crippen LogP contribution in [0.4, 0.5) is 0 Å². The zero-order valence-corrected chi connectivity index (χ0v) is 16.5. The molecule has 0 radical (unpaired) electrons. The minimum absolute atomic E-state index is 0.0124. The minimum atomic E-state index is -0.0633. The van der Waals surface area contributed by atoms with Crippen LogP contribution in [-0.4, -0.2) is 25.7 Å². The van der Waals surface area contributed by atoms with Gasteiger partial charge in [0.1, 0.15) is 0 Å². The van der Waals surface area contributed by atoms with Crippen LogP contribution in [-0.2, 0) is 10.2 Å². The zero-order valence-electron chi connectivity index (χ0n) is 12.5. The molecule has 3 rings (SSSR count). The molecule has 0 atom stereocenters. The Bertz CT molecular complexity index is 695. The van der Waals surface area contributed by atoms with Crippen LogP contribution in [0.15, 0.2) is 44.7 Å². The van der Waals surface area contributed by atoms with E-state index in [4.69, 9.17) is 4.74 Å². The Balaban J connectivity index is 1.78. The van der Waals surface area contributed by atoms with Gasteiger partial charge in [0, 0.05) is 29.6 Å². The van der Waals surface area contributed by atoms with Crippen molar-refractivity contribution < 1.29 is 9.53 Å². The zero-order chi connectivity index (χ0) is 16.3. The van der Waals surface area contributed by atoms with Gasteiger partial charge in [0.25, 0.3) is 5.91 Å². The van der Waals surface area contributed by atoms with Crippen LogP contribution in [0.3, 0.4) is 0 Å². The van der Waals surface area contributed by atoms with Crippen molar-refractivity contribution in [3.63, 3.8) is 0 Å². The second-order valence-electron chi connectivity index (χ2n) is 5.69. The summed E-state index contributed by atoms with van der Waals surface area (Å²) in [5.41, 5.74) is 1.19. The van der Waals surface area contributed by atoms with Gasteiger partial charge < -0.3 is 10.1 Å². The number of nitrogens with one attached hydrogen (secondary N) is 1. The summed E-state index contributed by atoms with van der Waals surface area (Å²) in [6.07, 6.45) is 1.83. The molecule has 1 aliphatic rings. The lowest BCUT2D eigenvalue weighted by molar-refractivity contribution is 0.0487. The monoisotopic (exact) mass is 457 g/mol. The first-order chi connectivity index (χ1) is 11.1. The van der Waals surface area contributed by atoms with Gasteiger partial charge >= 0.3 is 0 Å². The number of ether oxygens (including phenoxy) is 1. The van der Waals surface area contributed by atoms with Crippen LogP contribution in [0.2, 0.25) is 0 Å². The molecule has 1 fully saturated rings. The Kier molecular flexibility index (Phi) is 5.57. The number of hydrogen-bond donors (Lipinski definition) is 1. The van der Waals surface area contributed by atoms with Crippen LogP contribution < -0.4 is 5.32 Å². The lowest BCUT2D eigenvalue weighted by atomic mass is 9.74. The molecule has 3 nitrogen and oxygen atoms in total. The molecule has 0 aliphatic carbocycles. The Labute approximate surface area is 156 Å². The van der Waals surface area contributed by atoms with Crippen molar-refractivity contribution in [1.82, 2.24) is 5.32 Å². The lowest BCUT2D eigenvalue weighted by Crippen LogP contribution is -2.44. The SMILES string of the molecule is O=C(NCC1(c2cccc(Br)c2)CCOCC1)c1ccc(Br)s1. The van der Waals surface area contributed by atoms with Crippen molar-refractivity contribution in [3.8, 4) is 0 Å². The Morgan fingerprint density at radius 3 is 2.65 bits per heavy atom. The van der Waals surface area contributed by atoms with E-state index in [1.165, 1.54) is 16.9 Å². The third kappa shape index (κ3) is 4.05. The Morgan fingerprint density at radius 2 is 2.00 bits per heavy atom. The highest BCUT2D eigenvalue weighted by atomic mass is 79.9. The summed E-state index contributed by atoms with van der Waals surface area (Å²) in [7, 11) is 0. The van der Waals surface area contributed by atoms with Crippen LogP contribution in [0.25, 0.3) is 0 Å². The highest BCUT2D eigenvalue weighted by Gasteiger charge is 2.35. The number of hydrogen-bond acceptors (Lipinski definition) is 3. The molecule has 1 aromatic carbocycles. The molecule has 6 heteroatoms. The summed E-state index contributed by atoms with van der Waals surface area (Å²) in [5.74, 6) is -0.0124. The number of rotatable bonds is 4. The average molecular weight is 459 g/mol. The number of amides is 1. The first-order valence-electron chi connectivity index (χ1n) is 7.46. The second-order valence-corrected chi connectivity index (χ2v) is 9.07. The largest absolute Gasteiger partial charge is 0.381 e. The maximum Gasteiger partial charge on any atom is 0.261 e. The quantitative estimate of drug-likeness (QED) is 0.717. The molecule has 122 valence electrons. The number of benzene rings is 1. The smallest absolute Gasteiger partial charge is 0.261 e. The van der Waals surface area contributed by atoms with E-state index in [9.17, 15) is 4.79 Å². The standard InChI is InChI=1S/C17H17Br2NO2S/c18-13-3-1-2-12(10-13)17(6-8-22-9-7-17)11-20-16(21)14-4-5-15(19)23-14/h1-5,10H,6-9,11H2,(H,20,21). The van der Waals surface area contributed by atoms with Gasteiger partial charge in [-0.25, -0.2) is 0 Å². The third-order valence-corrected chi connectivity index (χ3v) is 6.39. The topological polar surface area (TPSA) is 38.3 Å². The fourth-order valence-electron chi connectivity index (χ4n) is 2.92. The molecule has 0 unspecified atom stereocenters. The van der Waals surface area contributed by atoms with Crippen LogP contribution in [0, 0.1) is 0 Å². The van der Waals surface area contributed by atoms with Gasteiger partial charge in [-0.1, -0.05) is 28.1 Å². The van der Waals surface area contributed by atoms with Crippen molar-refractivity contribution in [1.29, 1.82) is 0 Å². The number of thiophene rings is 1. The van der Waals surface area contributed by atoms with Gasteiger partial charge in [-0.15, -0.1) is 11.3 Å². The second kappa shape index (κ2) is 7.47. The van der Waals surface area contributed by atoms with E-state index in [2.05, 4.69) is 55.4 Å². The molecule has 1 saturated heterocycles. The fourth-order valence-corrected chi connectivity index (χ4v) is 4.62. The maximum atomic E-state index is 12.4. The number of carbonyl (C=O) groups is 1. The van der Waals surface area contributed by atoms with Gasteiger partial charge in [-0.2, -0.15) is 0 Å². The molecule has 0 bridgehead atoms. The van der Waals surface area contributed by atoms with Gasteiger partial charge in [0.15, 0.2) is 0 Å². The van der Waals surface area contributed by atoms with E-state index >= 15 is 0 Å². The molecule has 0 spiro atoms. The molecule has 1 aliphatic heterocycles. The normalized spacial score (nSPS) is 17.0. The summed E-state index contributed by atoms with van der Waals surface area (Å²) in [4.78, 5) is 13.1. The van der Waals surface area contributed by atoms with E-state index in [1.807, 2.05) is 18.2 Å². The summed E-state index contributed by atoms with van der Waals surface area (Å²) in [5, 5.41) is 3.12. The minimum Gasteiger partial charge on any atom is -0.381 e. The van der Waals surface area contributed by atoms with Gasteiger partial charge in [0.05, 0.1) is 8.66 Å². The molecule has 23 heavy (non-hydrogen) atoms. The number of carbonyl (C=O) groups excluding carboxylic acids is 1. The molecule has 0 saturated carbocycles. The summed E-state index contributed by atoms with van der Waals surface area (Å²) in [6.45, 7) is 2.08. The molecule has 2 aromatic rings. The summed E-state index contributed by atoms with van der Waals surface area (Å²) >= 11 is 8.40. The van der Waals surface area contributed by atoms with E-state index < -0.39 is 0 Å². The highest BCUT2D eigenvalue weighted by molar-refractivity contribution is 9.11. The van der Waals surface area contributed by atoms with E-state index in [0.29, 0.717) is 6.54 Å². The van der Waals surface area contributed by atoms with Crippen molar-refractivity contribution in [2.45, 2.75) is 18.3 Å². The van der Waals surface area contributed by atoms with E-state index in [0.717, 1.165) is 39.2 Å². The van der Waals surface area contributed by atoms with Crippen molar-refractivity contribution in [2.75, 3.05) is 19.8 Å². The predicted octanol–water partition coefficient (Wildman–Crippen LogP) is 4.75. The molecule has 1 aromatic heterocycles. The first kappa shape index (κ1) is 17.1. The van der Waals surface area contributed by atoms with Crippen LogP contribution in [0.5, 0.6) is 0 Å². The van der Waals surface area contributed by atoms with E-state index in [1.54, 1.807) is 0 Å². The van der Waals surface area contributed by atoms with Gasteiger partial charge in [0.2, 0.25) is 0 Å². The fraction of sp³-hybridized carbons (Fsp3) is 0.353. The highest BCUT2D eigenvalue weighted by Crippen LogP contribution is 2.35. The maximum absolute atomic E-state index is 12.4. The van der Waals surface area contributed by atoms with Gasteiger partial charge in [-0.05, 0) is 58.6 Å². The molecular formula is C17H17Br2NO2S. The third-order valence-electron chi connectivity index (χ3n) is 4.27. The molecule has 2 heterocycles. The van der Waals surface area contributed by atoms with Gasteiger partial charge in [-0.3, -0.25) is 4.79 Å². The molecular weight excluding hydrogens is 442 g/mol. The summed E-state index contributed by atoms with van der Waals surface area (Å²) in [6, 6.07) is 12.1.